The van der Waals surface area contributed by atoms with Crippen molar-refractivity contribution in [1.29, 1.82) is 0 Å². The van der Waals surface area contributed by atoms with Gasteiger partial charge in [0, 0.05) is 4.88 Å². The van der Waals surface area contributed by atoms with Crippen LogP contribution in [0, 0.1) is 0 Å². The van der Waals surface area contributed by atoms with Crippen molar-refractivity contribution in [1.82, 2.24) is 0 Å². The summed E-state index contributed by atoms with van der Waals surface area (Å²) in [5, 5.41) is 12.2. The number of hydrogen-bond acceptors (Lipinski definition) is 2. The minimum absolute atomic E-state index is 0.353. The molecule has 1 unspecified atom stereocenters. The summed E-state index contributed by atoms with van der Waals surface area (Å²) < 4.78 is 0. The van der Waals surface area contributed by atoms with E-state index in [1.807, 2.05) is 0 Å². The summed E-state index contributed by atoms with van der Waals surface area (Å²) >= 11 is 1.76. The molecule has 0 spiro atoms. The second kappa shape index (κ2) is 6.17. The van der Waals surface area contributed by atoms with Crippen LogP contribution in [-0.4, -0.2) is 5.11 Å². The Bertz CT molecular complexity index is 456. The Morgan fingerprint density at radius 3 is 2.28 bits per heavy atom. The van der Waals surface area contributed by atoms with Gasteiger partial charge in [-0.2, -0.15) is 0 Å². The highest BCUT2D eigenvalue weighted by atomic mass is 32.1. The highest BCUT2D eigenvalue weighted by Crippen LogP contribution is 2.23. The average molecular weight is 260 g/mol. The Hall–Kier alpha value is -1.12. The quantitative estimate of drug-likeness (QED) is 0.837. The van der Waals surface area contributed by atoms with Gasteiger partial charge in [0.2, 0.25) is 0 Å². The van der Waals surface area contributed by atoms with Gasteiger partial charge in [0.25, 0.3) is 0 Å². The summed E-state index contributed by atoms with van der Waals surface area (Å²) in [6.07, 6.45) is 1.39. The molecule has 0 aliphatic rings. The van der Waals surface area contributed by atoms with Crippen molar-refractivity contribution in [3.63, 3.8) is 0 Å². The molecule has 0 radical (unpaired) electrons. The first-order chi connectivity index (χ1) is 8.66. The summed E-state index contributed by atoms with van der Waals surface area (Å²) in [5.74, 6) is 0.544. The van der Waals surface area contributed by atoms with Crippen LogP contribution in [0.25, 0.3) is 0 Å². The monoisotopic (exact) mass is 260 g/mol. The predicted octanol–water partition coefficient (Wildman–Crippen LogP) is 4.54. The summed E-state index contributed by atoms with van der Waals surface area (Å²) in [5.41, 5.74) is 2.35. The SMILES string of the molecule is CC(C)c1ccc(C(O)CCc2cccs2)cc1. The molecule has 18 heavy (non-hydrogen) atoms. The maximum atomic E-state index is 10.2. The first-order valence-electron chi connectivity index (χ1n) is 6.47. The van der Waals surface area contributed by atoms with E-state index in [0.29, 0.717) is 5.92 Å². The fourth-order valence-electron chi connectivity index (χ4n) is 2.00. The summed E-state index contributed by atoms with van der Waals surface area (Å²) in [6.45, 7) is 4.37. The van der Waals surface area contributed by atoms with Crippen molar-refractivity contribution in [2.75, 3.05) is 0 Å². The van der Waals surface area contributed by atoms with Crippen molar-refractivity contribution in [2.24, 2.45) is 0 Å². The van der Waals surface area contributed by atoms with Gasteiger partial charge in [-0.3, -0.25) is 0 Å². The lowest BCUT2D eigenvalue weighted by molar-refractivity contribution is 0.168. The summed E-state index contributed by atoms with van der Waals surface area (Å²) in [7, 11) is 0. The zero-order valence-corrected chi connectivity index (χ0v) is 11.8. The molecule has 1 aromatic heterocycles. The van der Waals surface area contributed by atoms with E-state index in [0.717, 1.165) is 18.4 Å². The first-order valence-corrected chi connectivity index (χ1v) is 7.35. The van der Waals surface area contributed by atoms with Gasteiger partial charge >= 0.3 is 0 Å². The largest absolute Gasteiger partial charge is 0.388 e. The number of thiophene rings is 1. The Kier molecular flexibility index (Phi) is 4.56. The zero-order chi connectivity index (χ0) is 13.0. The minimum atomic E-state index is -0.353. The molecule has 96 valence electrons. The van der Waals surface area contributed by atoms with Crippen molar-refractivity contribution in [3.8, 4) is 0 Å². The van der Waals surface area contributed by atoms with E-state index in [4.69, 9.17) is 0 Å². The van der Waals surface area contributed by atoms with Crippen LogP contribution in [0.1, 0.15) is 48.3 Å². The smallest absolute Gasteiger partial charge is 0.0793 e. The Balaban J connectivity index is 1.94. The number of benzene rings is 1. The van der Waals surface area contributed by atoms with E-state index in [9.17, 15) is 5.11 Å². The van der Waals surface area contributed by atoms with Gasteiger partial charge < -0.3 is 5.11 Å². The molecular formula is C16H20OS. The van der Waals surface area contributed by atoms with E-state index in [1.54, 1.807) is 11.3 Å². The molecule has 0 bridgehead atoms. The molecule has 0 saturated heterocycles. The van der Waals surface area contributed by atoms with Crippen LogP contribution in [0.2, 0.25) is 0 Å². The highest BCUT2D eigenvalue weighted by Gasteiger charge is 2.08. The standard InChI is InChI=1S/C16H20OS/c1-12(2)13-5-7-14(8-6-13)16(17)10-9-15-4-3-11-18-15/h3-8,11-12,16-17H,9-10H2,1-2H3. The summed E-state index contributed by atoms with van der Waals surface area (Å²) in [6, 6.07) is 12.5. The normalized spacial score (nSPS) is 12.9. The number of aliphatic hydroxyl groups is 1. The third kappa shape index (κ3) is 3.44. The van der Waals surface area contributed by atoms with Gasteiger partial charge in [0.15, 0.2) is 0 Å². The first kappa shape index (κ1) is 13.3. The second-order valence-electron chi connectivity index (χ2n) is 4.96. The van der Waals surface area contributed by atoms with Crippen molar-refractivity contribution in [2.45, 2.75) is 38.7 Å². The highest BCUT2D eigenvalue weighted by molar-refractivity contribution is 7.09. The van der Waals surface area contributed by atoms with E-state index < -0.39 is 0 Å². The van der Waals surface area contributed by atoms with Gasteiger partial charge in [-0.25, -0.2) is 0 Å². The van der Waals surface area contributed by atoms with Gasteiger partial charge in [-0.1, -0.05) is 44.2 Å². The lowest BCUT2D eigenvalue weighted by Crippen LogP contribution is -1.99. The fraction of sp³-hybridized carbons (Fsp3) is 0.375. The molecule has 0 saturated carbocycles. The fourth-order valence-corrected chi connectivity index (χ4v) is 2.73. The Labute approximate surface area is 113 Å². The van der Waals surface area contributed by atoms with Gasteiger partial charge in [0.05, 0.1) is 6.10 Å². The van der Waals surface area contributed by atoms with Crippen LogP contribution in [-0.2, 0) is 6.42 Å². The van der Waals surface area contributed by atoms with Gasteiger partial charge in [-0.15, -0.1) is 11.3 Å². The summed E-state index contributed by atoms with van der Waals surface area (Å²) in [4.78, 5) is 1.34. The third-order valence-electron chi connectivity index (χ3n) is 3.23. The molecule has 1 atom stereocenters. The predicted molar refractivity (Wildman–Crippen MR) is 78.1 cm³/mol. The van der Waals surface area contributed by atoms with Crippen molar-refractivity contribution in [3.05, 3.63) is 57.8 Å². The lowest BCUT2D eigenvalue weighted by Gasteiger charge is -2.12. The molecule has 1 nitrogen and oxygen atoms in total. The zero-order valence-electron chi connectivity index (χ0n) is 11.0. The van der Waals surface area contributed by atoms with Gasteiger partial charge in [0.1, 0.15) is 0 Å². The van der Waals surface area contributed by atoms with E-state index in [1.165, 1.54) is 10.4 Å². The molecule has 1 heterocycles. The van der Waals surface area contributed by atoms with Crippen LogP contribution >= 0.6 is 11.3 Å². The van der Waals surface area contributed by atoms with Crippen LogP contribution in [0.3, 0.4) is 0 Å². The molecule has 0 amide bonds. The minimum Gasteiger partial charge on any atom is -0.388 e. The average Bonchev–Trinajstić information content (AvgIpc) is 2.89. The van der Waals surface area contributed by atoms with Crippen LogP contribution in [0.15, 0.2) is 41.8 Å². The van der Waals surface area contributed by atoms with Crippen LogP contribution in [0.4, 0.5) is 0 Å². The molecule has 0 aliphatic heterocycles. The molecule has 1 N–H and O–H groups in total. The molecule has 0 aliphatic carbocycles. The van der Waals surface area contributed by atoms with Crippen molar-refractivity contribution >= 4 is 11.3 Å². The molecule has 2 aromatic rings. The van der Waals surface area contributed by atoms with Gasteiger partial charge in [-0.05, 0) is 41.3 Å². The van der Waals surface area contributed by atoms with E-state index in [-0.39, 0.29) is 6.10 Å². The van der Waals surface area contributed by atoms with Crippen LogP contribution in [0.5, 0.6) is 0 Å². The molecule has 2 rings (SSSR count). The molecule has 0 fully saturated rings. The lowest BCUT2D eigenvalue weighted by atomic mass is 9.98. The molecule has 1 aromatic carbocycles. The number of hydrogen-bond donors (Lipinski definition) is 1. The topological polar surface area (TPSA) is 20.2 Å². The maximum Gasteiger partial charge on any atom is 0.0793 e. The second-order valence-corrected chi connectivity index (χ2v) is 5.99. The number of rotatable bonds is 5. The molecular weight excluding hydrogens is 240 g/mol. The van der Waals surface area contributed by atoms with E-state index >= 15 is 0 Å². The van der Waals surface area contributed by atoms with Crippen molar-refractivity contribution < 1.29 is 5.11 Å². The number of aryl methyl sites for hydroxylation is 1. The molecule has 2 heteroatoms. The Morgan fingerprint density at radius 1 is 1.06 bits per heavy atom. The Morgan fingerprint density at radius 2 is 1.72 bits per heavy atom. The van der Waals surface area contributed by atoms with Crippen LogP contribution < -0.4 is 0 Å². The third-order valence-corrected chi connectivity index (χ3v) is 4.17. The number of aliphatic hydroxyl groups excluding tert-OH is 1. The maximum absolute atomic E-state index is 10.2. The van der Waals surface area contributed by atoms with E-state index in [2.05, 4.69) is 55.6 Å².